The van der Waals surface area contributed by atoms with Gasteiger partial charge >= 0.3 is 0 Å². The van der Waals surface area contributed by atoms with Crippen LogP contribution in [-0.2, 0) is 4.79 Å². The predicted molar refractivity (Wildman–Crippen MR) is 112 cm³/mol. The number of piperidine rings is 1. The standard InChI is InChI=1S/C20H25ClN4O2S/c1-3-13(4-2)20(27)25-10-6-7-14(12-25)18-23-24-19(28-18)17(26)22-16-9-5-8-15(21)11-16/h5,8-9,11,13-14H,3-4,6-7,10,12H2,1-2H3,(H,22,26)/t14-/m1/s1. The van der Waals surface area contributed by atoms with Gasteiger partial charge in [0.2, 0.25) is 10.9 Å². The Labute approximate surface area is 174 Å². The first kappa shape index (κ1) is 20.7. The summed E-state index contributed by atoms with van der Waals surface area (Å²) in [6.07, 6.45) is 3.63. The van der Waals surface area contributed by atoms with Crippen molar-refractivity contribution in [2.75, 3.05) is 18.4 Å². The van der Waals surface area contributed by atoms with E-state index in [1.165, 1.54) is 11.3 Å². The molecule has 1 N–H and O–H groups in total. The molecule has 2 amide bonds. The minimum absolute atomic E-state index is 0.0900. The first-order valence-electron chi connectivity index (χ1n) is 9.70. The Balaban J connectivity index is 1.65. The molecule has 1 aromatic heterocycles. The van der Waals surface area contributed by atoms with E-state index in [-0.39, 0.29) is 23.7 Å². The fourth-order valence-electron chi connectivity index (χ4n) is 3.52. The Morgan fingerprint density at radius 3 is 2.82 bits per heavy atom. The van der Waals surface area contributed by atoms with Crippen LogP contribution in [0, 0.1) is 5.92 Å². The first-order valence-corrected chi connectivity index (χ1v) is 10.9. The first-order chi connectivity index (χ1) is 13.5. The van der Waals surface area contributed by atoms with E-state index in [0.717, 1.165) is 37.2 Å². The second kappa shape index (κ2) is 9.47. The number of amides is 2. The van der Waals surface area contributed by atoms with E-state index in [9.17, 15) is 9.59 Å². The summed E-state index contributed by atoms with van der Waals surface area (Å²) in [5, 5.41) is 12.8. The molecule has 8 heteroatoms. The van der Waals surface area contributed by atoms with Crippen LogP contribution in [0.15, 0.2) is 24.3 Å². The minimum atomic E-state index is -0.299. The number of nitrogens with one attached hydrogen (secondary N) is 1. The number of halogens is 1. The zero-order chi connectivity index (χ0) is 20.1. The molecule has 0 bridgehead atoms. The Hall–Kier alpha value is -1.99. The smallest absolute Gasteiger partial charge is 0.286 e. The van der Waals surface area contributed by atoms with Crippen LogP contribution in [0.5, 0.6) is 0 Å². The summed E-state index contributed by atoms with van der Waals surface area (Å²) in [4.78, 5) is 27.1. The van der Waals surface area contributed by atoms with Crippen molar-refractivity contribution in [3.8, 4) is 0 Å². The number of carbonyl (C=O) groups excluding carboxylic acids is 2. The quantitative estimate of drug-likeness (QED) is 0.741. The maximum atomic E-state index is 12.7. The Morgan fingerprint density at radius 1 is 1.32 bits per heavy atom. The molecule has 150 valence electrons. The molecular formula is C20H25ClN4O2S. The summed E-state index contributed by atoms with van der Waals surface area (Å²) in [6.45, 7) is 5.57. The van der Waals surface area contributed by atoms with Gasteiger partial charge in [0.1, 0.15) is 5.01 Å². The molecule has 0 unspecified atom stereocenters. The van der Waals surface area contributed by atoms with Gasteiger partial charge in [-0.2, -0.15) is 0 Å². The molecule has 0 spiro atoms. The van der Waals surface area contributed by atoms with Crippen LogP contribution in [0.25, 0.3) is 0 Å². The molecule has 3 rings (SSSR count). The molecule has 6 nitrogen and oxygen atoms in total. The molecular weight excluding hydrogens is 396 g/mol. The minimum Gasteiger partial charge on any atom is -0.342 e. The second-order valence-electron chi connectivity index (χ2n) is 7.05. The molecule has 1 fully saturated rings. The monoisotopic (exact) mass is 420 g/mol. The fourth-order valence-corrected chi connectivity index (χ4v) is 4.57. The van der Waals surface area contributed by atoms with E-state index in [4.69, 9.17) is 11.6 Å². The Kier molecular flexibility index (Phi) is 7.02. The summed E-state index contributed by atoms with van der Waals surface area (Å²) in [6, 6.07) is 6.98. The molecule has 2 heterocycles. The van der Waals surface area contributed by atoms with Crippen molar-refractivity contribution in [3.05, 3.63) is 39.3 Å². The summed E-state index contributed by atoms with van der Waals surface area (Å²) >= 11 is 7.25. The number of benzene rings is 1. The maximum Gasteiger partial charge on any atom is 0.286 e. The lowest BCUT2D eigenvalue weighted by molar-refractivity contribution is -0.137. The normalized spacial score (nSPS) is 17.0. The zero-order valence-corrected chi connectivity index (χ0v) is 17.7. The van der Waals surface area contributed by atoms with E-state index in [0.29, 0.717) is 22.3 Å². The van der Waals surface area contributed by atoms with Gasteiger partial charge in [0.15, 0.2) is 0 Å². The van der Waals surface area contributed by atoms with E-state index < -0.39 is 0 Å². The lowest BCUT2D eigenvalue weighted by Crippen LogP contribution is -2.42. The van der Waals surface area contributed by atoms with Crippen LogP contribution in [0.4, 0.5) is 5.69 Å². The van der Waals surface area contributed by atoms with Crippen LogP contribution in [0.1, 0.15) is 60.3 Å². The number of likely N-dealkylation sites (tertiary alicyclic amines) is 1. The number of carbonyl (C=O) groups is 2. The molecule has 0 aliphatic carbocycles. The number of hydrogen-bond donors (Lipinski definition) is 1. The summed E-state index contributed by atoms with van der Waals surface area (Å²) < 4.78 is 0. The topological polar surface area (TPSA) is 75.2 Å². The summed E-state index contributed by atoms with van der Waals surface area (Å²) in [7, 11) is 0. The number of hydrogen-bond acceptors (Lipinski definition) is 5. The van der Waals surface area contributed by atoms with Crippen molar-refractivity contribution in [1.82, 2.24) is 15.1 Å². The van der Waals surface area contributed by atoms with Gasteiger partial charge in [-0.3, -0.25) is 9.59 Å². The lowest BCUT2D eigenvalue weighted by atomic mass is 9.95. The highest BCUT2D eigenvalue weighted by molar-refractivity contribution is 7.13. The third-order valence-corrected chi connectivity index (χ3v) is 6.45. The van der Waals surface area contributed by atoms with Crippen LogP contribution in [-0.4, -0.2) is 40.0 Å². The van der Waals surface area contributed by atoms with Crippen LogP contribution in [0.2, 0.25) is 5.02 Å². The predicted octanol–water partition coefficient (Wildman–Crippen LogP) is 4.59. The van der Waals surface area contributed by atoms with E-state index in [1.807, 2.05) is 4.90 Å². The third kappa shape index (κ3) is 4.89. The molecule has 0 radical (unpaired) electrons. The highest BCUT2D eigenvalue weighted by Crippen LogP contribution is 2.30. The van der Waals surface area contributed by atoms with Crippen molar-refractivity contribution in [2.45, 2.75) is 45.4 Å². The molecule has 1 aliphatic rings. The number of aromatic nitrogens is 2. The number of nitrogens with zero attached hydrogens (tertiary/aromatic N) is 3. The van der Waals surface area contributed by atoms with E-state index >= 15 is 0 Å². The molecule has 1 aliphatic heterocycles. The average molecular weight is 421 g/mol. The van der Waals surface area contributed by atoms with Crippen molar-refractivity contribution in [1.29, 1.82) is 0 Å². The average Bonchev–Trinajstić information content (AvgIpc) is 3.19. The summed E-state index contributed by atoms with van der Waals surface area (Å²) in [5.74, 6) is 0.161. The van der Waals surface area contributed by atoms with Crippen molar-refractivity contribution >= 4 is 40.4 Å². The van der Waals surface area contributed by atoms with Gasteiger partial charge in [0.25, 0.3) is 5.91 Å². The largest absolute Gasteiger partial charge is 0.342 e. The van der Waals surface area contributed by atoms with Gasteiger partial charge in [-0.1, -0.05) is 42.9 Å². The van der Waals surface area contributed by atoms with Gasteiger partial charge in [0.05, 0.1) is 0 Å². The molecule has 28 heavy (non-hydrogen) atoms. The van der Waals surface area contributed by atoms with Crippen molar-refractivity contribution in [3.63, 3.8) is 0 Å². The Bertz CT molecular complexity index is 837. The molecule has 2 aromatic rings. The van der Waals surface area contributed by atoms with Gasteiger partial charge < -0.3 is 10.2 Å². The third-order valence-electron chi connectivity index (χ3n) is 5.13. The highest BCUT2D eigenvalue weighted by atomic mass is 35.5. The van der Waals surface area contributed by atoms with Gasteiger partial charge in [-0.05, 0) is 43.9 Å². The van der Waals surface area contributed by atoms with Crippen LogP contribution >= 0.6 is 22.9 Å². The van der Waals surface area contributed by atoms with E-state index in [2.05, 4.69) is 29.4 Å². The van der Waals surface area contributed by atoms with Gasteiger partial charge in [0, 0.05) is 35.6 Å². The number of rotatable bonds is 6. The SMILES string of the molecule is CCC(CC)C(=O)N1CCC[C@@H](c2nnc(C(=O)Nc3cccc(Cl)c3)s2)C1. The molecule has 1 atom stereocenters. The lowest BCUT2D eigenvalue weighted by Gasteiger charge is -2.33. The molecule has 1 saturated heterocycles. The van der Waals surface area contributed by atoms with Crippen LogP contribution < -0.4 is 5.32 Å². The molecule has 0 saturated carbocycles. The van der Waals surface area contributed by atoms with Gasteiger partial charge in [-0.25, -0.2) is 0 Å². The van der Waals surface area contributed by atoms with Gasteiger partial charge in [-0.15, -0.1) is 10.2 Å². The zero-order valence-electron chi connectivity index (χ0n) is 16.2. The van der Waals surface area contributed by atoms with Crippen molar-refractivity contribution < 1.29 is 9.59 Å². The van der Waals surface area contributed by atoms with Crippen LogP contribution in [0.3, 0.4) is 0 Å². The fraction of sp³-hybridized carbons (Fsp3) is 0.500. The highest BCUT2D eigenvalue weighted by Gasteiger charge is 2.30. The summed E-state index contributed by atoms with van der Waals surface area (Å²) in [5.41, 5.74) is 0.619. The molecule has 1 aromatic carbocycles. The number of anilines is 1. The maximum absolute atomic E-state index is 12.7. The second-order valence-corrected chi connectivity index (χ2v) is 8.49. The van der Waals surface area contributed by atoms with E-state index in [1.54, 1.807) is 24.3 Å². The Morgan fingerprint density at radius 2 is 2.11 bits per heavy atom. The van der Waals surface area contributed by atoms with Crippen molar-refractivity contribution in [2.24, 2.45) is 5.92 Å².